The summed E-state index contributed by atoms with van der Waals surface area (Å²) in [6.07, 6.45) is 61.0. The molecular weight excluding hydrogens is 768 g/mol. The summed E-state index contributed by atoms with van der Waals surface area (Å²) in [7, 11) is -4.36. The van der Waals surface area contributed by atoms with Crippen molar-refractivity contribution in [2.24, 2.45) is 5.73 Å². The van der Waals surface area contributed by atoms with Crippen LogP contribution in [0.5, 0.6) is 0 Å². The predicted octanol–water partition coefficient (Wildman–Crippen LogP) is 14.4. The van der Waals surface area contributed by atoms with Crippen LogP contribution >= 0.6 is 7.82 Å². The number of carbonyl (C=O) groups is 1. The van der Waals surface area contributed by atoms with Crippen molar-refractivity contribution >= 4 is 13.7 Å². The second-order valence-electron chi connectivity index (χ2n) is 16.3. The molecule has 0 aliphatic heterocycles. The van der Waals surface area contributed by atoms with Gasteiger partial charge in [0.25, 0.3) is 0 Å². The Labute approximate surface area is 369 Å². The highest BCUT2D eigenvalue weighted by Gasteiger charge is 2.26. The second-order valence-corrected chi connectivity index (χ2v) is 17.7. The second kappa shape index (κ2) is 46.4. The molecule has 0 aromatic rings. The molecule has 0 saturated heterocycles. The zero-order chi connectivity index (χ0) is 43.9. The molecule has 0 bridgehead atoms. The monoisotopic (exact) mass is 861 g/mol. The molecule has 0 fully saturated rings. The minimum absolute atomic E-state index is 0.0662. The smallest absolute Gasteiger partial charge is 0.387 e. The molecule has 0 spiro atoms. The van der Waals surface area contributed by atoms with E-state index in [1.165, 1.54) is 122 Å². The number of rotatable bonds is 45. The Morgan fingerprint density at radius 1 is 0.550 bits per heavy atom. The number of aliphatic hydroxyl groups is 1. The largest absolute Gasteiger partial charge is 0.472 e. The first kappa shape index (κ1) is 57.9. The summed E-state index contributed by atoms with van der Waals surface area (Å²) in [6.45, 7) is 4.08. The van der Waals surface area contributed by atoms with E-state index in [0.717, 1.165) is 70.6 Å². The van der Waals surface area contributed by atoms with E-state index in [9.17, 15) is 19.4 Å². The van der Waals surface area contributed by atoms with Gasteiger partial charge in [0.05, 0.1) is 25.4 Å². The number of carbonyl (C=O) groups excluding carboxylic acids is 1. The Balaban J connectivity index is 4.26. The van der Waals surface area contributed by atoms with Crippen LogP contribution in [-0.4, -0.2) is 47.8 Å². The third kappa shape index (κ3) is 44.0. The van der Waals surface area contributed by atoms with Crippen molar-refractivity contribution in [3.8, 4) is 0 Å². The minimum Gasteiger partial charge on any atom is -0.387 e. The van der Waals surface area contributed by atoms with E-state index in [1.54, 1.807) is 6.08 Å². The average Bonchev–Trinajstić information content (AvgIpc) is 3.24. The van der Waals surface area contributed by atoms with Crippen molar-refractivity contribution < 1.29 is 28.4 Å². The first-order chi connectivity index (χ1) is 29.4. The van der Waals surface area contributed by atoms with Gasteiger partial charge in [-0.2, -0.15) is 0 Å². The molecule has 0 saturated carbocycles. The van der Waals surface area contributed by atoms with Crippen LogP contribution in [0, 0.1) is 0 Å². The average molecular weight is 861 g/mol. The normalized spacial score (nSPS) is 14.6. The maximum atomic E-state index is 12.8. The van der Waals surface area contributed by atoms with Crippen LogP contribution in [0.4, 0.5) is 0 Å². The summed E-state index contributed by atoms with van der Waals surface area (Å²) in [5.74, 6) is -0.222. The van der Waals surface area contributed by atoms with Crippen molar-refractivity contribution in [1.82, 2.24) is 5.32 Å². The summed E-state index contributed by atoms with van der Waals surface area (Å²) in [5, 5.41) is 13.7. The first-order valence-electron chi connectivity index (χ1n) is 24.6. The zero-order valence-electron chi connectivity index (χ0n) is 38.7. The van der Waals surface area contributed by atoms with Crippen LogP contribution in [0.25, 0.3) is 0 Å². The SMILES string of the molecule is CCCCCCC/C=C\C/C=C\C/C=C\CCCCCCCCC(=O)NC(COP(=O)(O)OCCN)C(O)/C=C/CC/C=C/CC/C=C/CCCCCCCCCCCC. The molecule has 0 aliphatic carbocycles. The van der Waals surface area contributed by atoms with Crippen molar-refractivity contribution in [2.45, 2.75) is 225 Å². The van der Waals surface area contributed by atoms with Gasteiger partial charge in [0.2, 0.25) is 5.91 Å². The fraction of sp³-hybridized carbons (Fsp3) is 0.745. The molecule has 0 heterocycles. The number of hydrogen-bond acceptors (Lipinski definition) is 6. The molecule has 0 aliphatic rings. The Kier molecular flexibility index (Phi) is 44.8. The lowest BCUT2D eigenvalue weighted by Gasteiger charge is -2.23. The third-order valence-corrected chi connectivity index (χ3v) is 11.5. The molecule has 1 amide bonds. The number of hydrogen-bond donors (Lipinski definition) is 4. The van der Waals surface area contributed by atoms with E-state index in [-0.39, 0.29) is 25.7 Å². The molecule has 5 N–H and O–H groups in total. The summed E-state index contributed by atoms with van der Waals surface area (Å²) in [6, 6.07) is -0.895. The van der Waals surface area contributed by atoms with Gasteiger partial charge in [-0.25, -0.2) is 4.57 Å². The molecule has 0 rings (SSSR count). The molecule has 348 valence electrons. The van der Waals surface area contributed by atoms with Gasteiger partial charge in [-0.1, -0.05) is 196 Å². The van der Waals surface area contributed by atoms with E-state index in [4.69, 9.17) is 14.8 Å². The zero-order valence-corrected chi connectivity index (χ0v) is 39.6. The summed E-state index contributed by atoms with van der Waals surface area (Å²) in [5.41, 5.74) is 5.38. The molecule has 3 unspecified atom stereocenters. The highest BCUT2D eigenvalue weighted by molar-refractivity contribution is 7.47. The highest BCUT2D eigenvalue weighted by Crippen LogP contribution is 2.43. The van der Waals surface area contributed by atoms with Crippen LogP contribution in [0.2, 0.25) is 0 Å². The highest BCUT2D eigenvalue weighted by atomic mass is 31.2. The Hall–Kier alpha value is -2.06. The lowest BCUT2D eigenvalue weighted by molar-refractivity contribution is -0.123. The fourth-order valence-corrected chi connectivity index (χ4v) is 7.52. The molecular formula is C51H93N2O6P. The Morgan fingerprint density at radius 2 is 0.933 bits per heavy atom. The maximum Gasteiger partial charge on any atom is 0.472 e. The van der Waals surface area contributed by atoms with Crippen molar-refractivity contribution in [1.29, 1.82) is 0 Å². The van der Waals surface area contributed by atoms with E-state index < -0.39 is 20.0 Å². The number of phosphoric ester groups is 1. The number of aliphatic hydroxyl groups excluding tert-OH is 1. The number of nitrogens with two attached hydrogens (primary N) is 1. The number of amides is 1. The minimum atomic E-state index is -4.36. The van der Waals surface area contributed by atoms with Crippen molar-refractivity contribution in [3.05, 3.63) is 72.9 Å². The van der Waals surface area contributed by atoms with Crippen molar-refractivity contribution in [3.63, 3.8) is 0 Å². The van der Waals surface area contributed by atoms with Crippen LogP contribution in [0.15, 0.2) is 72.9 Å². The fourth-order valence-electron chi connectivity index (χ4n) is 6.76. The molecule has 0 radical (unpaired) electrons. The Morgan fingerprint density at radius 3 is 1.40 bits per heavy atom. The topological polar surface area (TPSA) is 131 Å². The van der Waals surface area contributed by atoms with Crippen LogP contribution in [-0.2, 0) is 18.4 Å². The van der Waals surface area contributed by atoms with Crippen LogP contribution in [0.1, 0.15) is 213 Å². The van der Waals surface area contributed by atoms with E-state index in [0.29, 0.717) is 6.42 Å². The molecule has 0 aromatic heterocycles. The van der Waals surface area contributed by atoms with Gasteiger partial charge < -0.3 is 21.1 Å². The predicted molar refractivity (Wildman–Crippen MR) is 258 cm³/mol. The van der Waals surface area contributed by atoms with Gasteiger partial charge in [0, 0.05) is 13.0 Å². The van der Waals surface area contributed by atoms with Gasteiger partial charge in [0.1, 0.15) is 0 Å². The molecule has 0 aromatic carbocycles. The standard InChI is InChI=1S/C51H93N2O6P/c1-3-5-7-9-11-13-15-17-19-21-23-25-27-29-31-33-35-37-39-41-43-45-51(55)53-49(48-59-60(56,57)58-47-46-52)50(54)44-42-40-38-36-34-32-30-28-26-24-22-20-18-16-14-12-10-8-6-4-2/h15,17,21,23,26-29,34,36,42,44,49-50,54H,3-14,16,18-20,22,24-25,30-33,35,37-41,43,45-48,52H2,1-2H3,(H,53,55)(H,56,57)/b17-15-,23-21-,28-26+,29-27-,36-34+,44-42+. The summed E-state index contributed by atoms with van der Waals surface area (Å²) < 4.78 is 22.2. The molecule has 60 heavy (non-hydrogen) atoms. The number of unbranched alkanes of at least 4 members (excludes halogenated alkanes) is 23. The van der Waals surface area contributed by atoms with Gasteiger partial charge in [0.15, 0.2) is 0 Å². The summed E-state index contributed by atoms with van der Waals surface area (Å²) >= 11 is 0. The lowest BCUT2D eigenvalue weighted by Crippen LogP contribution is -2.45. The van der Waals surface area contributed by atoms with Crippen LogP contribution in [0.3, 0.4) is 0 Å². The van der Waals surface area contributed by atoms with Gasteiger partial charge in [-0.15, -0.1) is 0 Å². The first-order valence-corrected chi connectivity index (χ1v) is 26.1. The number of phosphoric acid groups is 1. The van der Waals surface area contributed by atoms with E-state index in [2.05, 4.69) is 79.9 Å². The van der Waals surface area contributed by atoms with E-state index in [1.807, 2.05) is 6.08 Å². The van der Waals surface area contributed by atoms with E-state index >= 15 is 0 Å². The van der Waals surface area contributed by atoms with Crippen molar-refractivity contribution in [2.75, 3.05) is 19.8 Å². The Bertz CT molecular complexity index is 1170. The number of allylic oxidation sites excluding steroid dienone is 11. The summed E-state index contributed by atoms with van der Waals surface area (Å²) in [4.78, 5) is 22.8. The quantitative estimate of drug-likeness (QED) is 0.0272. The molecule has 9 heteroatoms. The molecule has 3 atom stereocenters. The number of nitrogens with one attached hydrogen (secondary N) is 1. The third-order valence-electron chi connectivity index (χ3n) is 10.5. The van der Waals surface area contributed by atoms with Gasteiger partial charge in [-0.05, 0) is 83.5 Å². The lowest BCUT2D eigenvalue weighted by atomic mass is 10.1. The van der Waals surface area contributed by atoms with Crippen LogP contribution < -0.4 is 11.1 Å². The van der Waals surface area contributed by atoms with Gasteiger partial charge >= 0.3 is 7.82 Å². The maximum absolute atomic E-state index is 12.8. The molecule has 8 nitrogen and oxygen atoms in total. The van der Waals surface area contributed by atoms with Gasteiger partial charge in [-0.3, -0.25) is 13.8 Å².